The molecule has 2 heterocycles. The molecule has 11 heteroatoms. The number of likely N-dealkylation sites (tertiary alicyclic amines) is 1. The minimum atomic E-state index is -3.96. The number of anilines is 1. The minimum absolute atomic E-state index is 0.120. The van der Waals surface area contributed by atoms with Crippen LogP contribution in [0.2, 0.25) is 0 Å². The van der Waals surface area contributed by atoms with Crippen LogP contribution >= 0.6 is 0 Å². The van der Waals surface area contributed by atoms with E-state index in [4.69, 9.17) is 4.42 Å². The van der Waals surface area contributed by atoms with Crippen LogP contribution in [0.4, 0.5) is 14.5 Å². The van der Waals surface area contributed by atoms with Crippen LogP contribution in [-0.2, 0) is 10.0 Å². The predicted molar refractivity (Wildman–Crippen MR) is 163 cm³/mol. The Balaban J connectivity index is 1.76. The lowest BCUT2D eigenvalue weighted by Gasteiger charge is -2.25. The van der Waals surface area contributed by atoms with Gasteiger partial charge in [-0.15, -0.1) is 0 Å². The molecule has 1 fully saturated rings. The van der Waals surface area contributed by atoms with Gasteiger partial charge in [0, 0.05) is 47.8 Å². The number of sulfonamides is 1. The summed E-state index contributed by atoms with van der Waals surface area (Å²) in [7, 11) is -2.49. The molecule has 43 heavy (non-hydrogen) atoms. The van der Waals surface area contributed by atoms with Crippen molar-refractivity contribution >= 4 is 38.5 Å². The Morgan fingerprint density at radius 2 is 1.84 bits per heavy atom. The van der Waals surface area contributed by atoms with Gasteiger partial charge < -0.3 is 14.6 Å². The maximum absolute atomic E-state index is 13.7. The highest BCUT2D eigenvalue weighted by Crippen LogP contribution is 2.42. The number of hydrogen-bond acceptors (Lipinski definition) is 5. The molecule has 1 N–H and O–H groups in total. The quantitative estimate of drug-likeness (QED) is 0.250. The third-order valence-electron chi connectivity index (χ3n) is 7.85. The van der Waals surface area contributed by atoms with Gasteiger partial charge in [0.25, 0.3) is 11.8 Å². The average Bonchev–Trinajstić information content (AvgIpc) is 3.63. The van der Waals surface area contributed by atoms with Crippen molar-refractivity contribution in [3.63, 3.8) is 0 Å². The van der Waals surface area contributed by atoms with Gasteiger partial charge in [-0.1, -0.05) is 19.1 Å². The first-order chi connectivity index (χ1) is 20.6. The smallest absolute Gasteiger partial charge is 0.255 e. The number of benzene rings is 3. The highest BCUT2D eigenvalue weighted by molar-refractivity contribution is 7.92. The standard InChI is InChI=1S/C32H33F2N3O5S/c1-4-24-9-6-15-36(24)32(39)22-8-5-7-21(17-22)25-18-26-28(19-27(25)37(16-14-33)43(3,40)41)42-30(29(26)31(38)35-2)20-10-12-23(34)13-11-20/h5,7-8,10-13,17-19,24H,4,6,9,14-16H2,1-3H3,(H,35,38). The van der Waals surface area contributed by atoms with Gasteiger partial charge in [-0.25, -0.2) is 17.2 Å². The van der Waals surface area contributed by atoms with Gasteiger partial charge in [0.15, 0.2) is 0 Å². The first kappa shape index (κ1) is 30.2. The molecular weight excluding hydrogens is 576 g/mol. The molecule has 3 aromatic carbocycles. The molecule has 1 saturated heterocycles. The predicted octanol–water partition coefficient (Wildman–Crippen LogP) is 6.02. The maximum Gasteiger partial charge on any atom is 0.255 e. The summed E-state index contributed by atoms with van der Waals surface area (Å²) < 4.78 is 60.3. The first-order valence-corrected chi connectivity index (χ1v) is 16.0. The van der Waals surface area contributed by atoms with Crippen LogP contribution in [-0.4, -0.2) is 64.2 Å². The van der Waals surface area contributed by atoms with E-state index in [1.54, 1.807) is 30.3 Å². The summed E-state index contributed by atoms with van der Waals surface area (Å²) >= 11 is 0. The van der Waals surface area contributed by atoms with Gasteiger partial charge in [-0.2, -0.15) is 0 Å². The molecule has 0 radical (unpaired) electrons. The number of hydrogen-bond donors (Lipinski definition) is 1. The summed E-state index contributed by atoms with van der Waals surface area (Å²) in [5, 5.41) is 2.98. The number of amides is 2. The number of nitrogens with zero attached hydrogens (tertiary/aromatic N) is 2. The summed E-state index contributed by atoms with van der Waals surface area (Å²) in [6.45, 7) is 1.32. The molecule has 1 aliphatic rings. The Morgan fingerprint density at radius 3 is 2.49 bits per heavy atom. The number of nitrogens with one attached hydrogen (secondary N) is 1. The number of carbonyl (C=O) groups is 2. The Labute approximate surface area is 249 Å². The lowest BCUT2D eigenvalue weighted by atomic mass is 9.97. The molecule has 4 aromatic rings. The number of carbonyl (C=O) groups excluding carboxylic acids is 2. The Kier molecular flexibility index (Phi) is 8.55. The third kappa shape index (κ3) is 5.86. The largest absolute Gasteiger partial charge is 0.455 e. The fourth-order valence-corrected chi connectivity index (χ4v) is 6.69. The topological polar surface area (TPSA) is 99.9 Å². The van der Waals surface area contributed by atoms with Crippen LogP contribution in [0, 0.1) is 5.82 Å². The van der Waals surface area contributed by atoms with Crippen molar-refractivity contribution in [2.45, 2.75) is 32.2 Å². The summed E-state index contributed by atoms with van der Waals surface area (Å²) in [6, 6.07) is 15.5. The number of furan rings is 1. The number of rotatable bonds is 9. The van der Waals surface area contributed by atoms with Crippen molar-refractivity contribution in [1.82, 2.24) is 10.2 Å². The van der Waals surface area contributed by atoms with Gasteiger partial charge in [-0.3, -0.25) is 13.9 Å². The van der Waals surface area contributed by atoms with Crippen LogP contribution in [0.3, 0.4) is 0 Å². The minimum Gasteiger partial charge on any atom is -0.455 e. The number of fused-ring (bicyclic) bond motifs is 1. The molecule has 5 rings (SSSR count). The van der Waals surface area contributed by atoms with Gasteiger partial charge in [-0.05, 0) is 67.3 Å². The van der Waals surface area contributed by atoms with Crippen molar-refractivity contribution in [2.75, 3.05) is 37.4 Å². The van der Waals surface area contributed by atoms with Crippen LogP contribution in [0.25, 0.3) is 33.4 Å². The molecule has 1 atom stereocenters. The second-order valence-electron chi connectivity index (χ2n) is 10.6. The van der Waals surface area contributed by atoms with Crippen LogP contribution < -0.4 is 9.62 Å². The molecule has 0 aliphatic carbocycles. The Hall–Kier alpha value is -4.25. The molecule has 2 amide bonds. The van der Waals surface area contributed by atoms with E-state index in [0.29, 0.717) is 34.2 Å². The molecule has 0 spiro atoms. The second kappa shape index (κ2) is 12.2. The number of alkyl halides is 1. The highest BCUT2D eigenvalue weighted by atomic mass is 32.2. The van der Waals surface area contributed by atoms with E-state index in [9.17, 15) is 26.8 Å². The van der Waals surface area contributed by atoms with Crippen molar-refractivity contribution in [3.8, 4) is 22.5 Å². The molecule has 8 nitrogen and oxygen atoms in total. The van der Waals surface area contributed by atoms with E-state index >= 15 is 0 Å². The lowest BCUT2D eigenvalue weighted by molar-refractivity contribution is 0.0733. The normalized spacial score (nSPS) is 15.2. The SMILES string of the molecule is CCC1CCCN1C(=O)c1cccc(-c2cc3c(C(=O)NC)c(-c4ccc(F)cc4)oc3cc2N(CCF)S(C)(=O)=O)c1. The lowest BCUT2D eigenvalue weighted by Crippen LogP contribution is -2.35. The monoisotopic (exact) mass is 609 g/mol. The van der Waals surface area contributed by atoms with Crippen LogP contribution in [0.15, 0.2) is 65.1 Å². The third-order valence-corrected chi connectivity index (χ3v) is 9.03. The van der Waals surface area contributed by atoms with Crippen molar-refractivity contribution < 1.29 is 31.2 Å². The molecule has 1 aliphatic heterocycles. The van der Waals surface area contributed by atoms with E-state index in [1.807, 2.05) is 11.8 Å². The fraction of sp³-hybridized carbons (Fsp3) is 0.312. The summed E-state index contributed by atoms with van der Waals surface area (Å²) in [5.74, 6) is -0.887. The zero-order valence-corrected chi connectivity index (χ0v) is 25.0. The van der Waals surface area contributed by atoms with E-state index in [1.165, 1.54) is 37.4 Å². The molecule has 226 valence electrons. The molecular formula is C32H33F2N3O5S. The van der Waals surface area contributed by atoms with E-state index in [2.05, 4.69) is 5.32 Å². The summed E-state index contributed by atoms with van der Waals surface area (Å²) in [4.78, 5) is 28.6. The maximum atomic E-state index is 13.7. The van der Waals surface area contributed by atoms with Gasteiger partial charge >= 0.3 is 0 Å². The van der Waals surface area contributed by atoms with Crippen molar-refractivity contribution in [2.24, 2.45) is 0 Å². The van der Waals surface area contributed by atoms with Crippen molar-refractivity contribution in [3.05, 3.63) is 77.6 Å². The fourth-order valence-electron chi connectivity index (χ4n) is 5.78. The van der Waals surface area contributed by atoms with Gasteiger partial charge in [0.05, 0.1) is 24.1 Å². The molecule has 0 bridgehead atoms. The second-order valence-corrected chi connectivity index (χ2v) is 12.5. The Morgan fingerprint density at radius 1 is 1.09 bits per heavy atom. The summed E-state index contributed by atoms with van der Waals surface area (Å²) in [5.41, 5.74) is 2.23. The number of halogens is 2. The first-order valence-electron chi connectivity index (χ1n) is 14.1. The summed E-state index contributed by atoms with van der Waals surface area (Å²) in [6.07, 6.45) is 3.69. The molecule has 0 saturated carbocycles. The van der Waals surface area contributed by atoms with Crippen molar-refractivity contribution in [1.29, 1.82) is 0 Å². The van der Waals surface area contributed by atoms with Crippen LogP contribution in [0.5, 0.6) is 0 Å². The molecule has 1 unspecified atom stereocenters. The van der Waals surface area contributed by atoms with E-state index in [0.717, 1.165) is 29.8 Å². The zero-order valence-electron chi connectivity index (χ0n) is 24.2. The van der Waals surface area contributed by atoms with Crippen LogP contribution in [0.1, 0.15) is 46.9 Å². The van der Waals surface area contributed by atoms with Gasteiger partial charge in [0.2, 0.25) is 10.0 Å². The van der Waals surface area contributed by atoms with Gasteiger partial charge in [0.1, 0.15) is 23.8 Å². The highest BCUT2D eigenvalue weighted by Gasteiger charge is 2.30. The zero-order chi connectivity index (χ0) is 30.9. The molecule has 1 aromatic heterocycles. The Bertz CT molecular complexity index is 1790. The average molecular weight is 610 g/mol. The van der Waals surface area contributed by atoms with E-state index in [-0.39, 0.29) is 34.5 Å². The van der Waals surface area contributed by atoms with E-state index < -0.39 is 35.0 Å².